The van der Waals surface area contributed by atoms with Gasteiger partial charge in [0.15, 0.2) is 0 Å². The van der Waals surface area contributed by atoms with E-state index in [1.807, 2.05) is 30.9 Å². The van der Waals surface area contributed by atoms with Crippen LogP contribution in [-0.4, -0.2) is 24.7 Å². The standard InChI is InChI=1S/C12H14N6/c1-8-14-5-9(17-8)6-15-10-3-4-13-11-7-16-18(2)12(10)11/h3-5,7H,6H2,1-2H3,(H,13,15)(H,14,17). The van der Waals surface area contributed by atoms with Gasteiger partial charge in [-0.15, -0.1) is 0 Å². The van der Waals surface area contributed by atoms with Gasteiger partial charge in [0, 0.05) is 13.2 Å². The highest BCUT2D eigenvalue weighted by molar-refractivity contribution is 5.87. The molecule has 3 aromatic heterocycles. The molecule has 0 aliphatic rings. The van der Waals surface area contributed by atoms with Crippen LogP contribution in [0.1, 0.15) is 11.5 Å². The zero-order chi connectivity index (χ0) is 12.5. The highest BCUT2D eigenvalue weighted by Gasteiger charge is 2.06. The molecule has 0 saturated heterocycles. The van der Waals surface area contributed by atoms with E-state index in [0.717, 1.165) is 28.2 Å². The van der Waals surface area contributed by atoms with Crippen molar-refractivity contribution in [1.29, 1.82) is 0 Å². The van der Waals surface area contributed by atoms with Gasteiger partial charge in [0.05, 0.1) is 30.3 Å². The minimum atomic E-state index is 0.700. The van der Waals surface area contributed by atoms with Crippen molar-refractivity contribution in [2.24, 2.45) is 7.05 Å². The molecule has 0 aliphatic carbocycles. The molecule has 3 aromatic rings. The van der Waals surface area contributed by atoms with Crippen LogP contribution < -0.4 is 5.32 Å². The lowest BCUT2D eigenvalue weighted by atomic mass is 10.3. The number of nitrogens with zero attached hydrogens (tertiary/aromatic N) is 4. The number of hydrogen-bond donors (Lipinski definition) is 2. The van der Waals surface area contributed by atoms with E-state index in [1.165, 1.54) is 0 Å². The van der Waals surface area contributed by atoms with Gasteiger partial charge in [-0.1, -0.05) is 0 Å². The molecule has 2 N–H and O–H groups in total. The quantitative estimate of drug-likeness (QED) is 0.732. The Balaban J connectivity index is 1.88. The number of nitrogens with one attached hydrogen (secondary N) is 2. The Kier molecular flexibility index (Phi) is 2.47. The molecular formula is C12H14N6. The number of H-pyrrole nitrogens is 1. The number of aromatic nitrogens is 5. The van der Waals surface area contributed by atoms with Crippen molar-refractivity contribution >= 4 is 16.7 Å². The molecular weight excluding hydrogens is 228 g/mol. The third-order valence-corrected chi connectivity index (χ3v) is 2.85. The number of aryl methyl sites for hydroxylation is 2. The van der Waals surface area contributed by atoms with Crippen LogP contribution in [0.15, 0.2) is 24.7 Å². The number of pyridine rings is 1. The Hall–Kier alpha value is -2.37. The Morgan fingerprint density at radius 3 is 3.00 bits per heavy atom. The van der Waals surface area contributed by atoms with E-state index in [-0.39, 0.29) is 0 Å². The van der Waals surface area contributed by atoms with Crippen molar-refractivity contribution in [3.8, 4) is 0 Å². The second-order valence-corrected chi connectivity index (χ2v) is 4.21. The van der Waals surface area contributed by atoms with Gasteiger partial charge in [0.1, 0.15) is 16.9 Å². The highest BCUT2D eigenvalue weighted by Crippen LogP contribution is 2.20. The van der Waals surface area contributed by atoms with Crippen molar-refractivity contribution in [3.63, 3.8) is 0 Å². The van der Waals surface area contributed by atoms with E-state index >= 15 is 0 Å². The number of anilines is 1. The van der Waals surface area contributed by atoms with Gasteiger partial charge in [0.25, 0.3) is 0 Å². The first-order valence-electron chi connectivity index (χ1n) is 5.75. The number of rotatable bonds is 3. The Morgan fingerprint density at radius 2 is 2.22 bits per heavy atom. The third kappa shape index (κ3) is 1.81. The van der Waals surface area contributed by atoms with Crippen LogP contribution in [0.25, 0.3) is 11.0 Å². The number of imidazole rings is 1. The summed E-state index contributed by atoms with van der Waals surface area (Å²) in [5, 5.41) is 7.58. The van der Waals surface area contributed by atoms with Crippen molar-refractivity contribution in [2.45, 2.75) is 13.5 Å². The van der Waals surface area contributed by atoms with Gasteiger partial charge >= 0.3 is 0 Å². The van der Waals surface area contributed by atoms with E-state index in [1.54, 1.807) is 12.4 Å². The largest absolute Gasteiger partial charge is 0.378 e. The first-order chi connectivity index (χ1) is 8.74. The summed E-state index contributed by atoms with van der Waals surface area (Å²) >= 11 is 0. The lowest BCUT2D eigenvalue weighted by Crippen LogP contribution is -2.02. The summed E-state index contributed by atoms with van der Waals surface area (Å²) in [5.41, 5.74) is 3.98. The van der Waals surface area contributed by atoms with Crippen LogP contribution in [0, 0.1) is 6.92 Å². The monoisotopic (exact) mass is 242 g/mol. The Bertz CT molecular complexity index is 681. The second kappa shape index (κ2) is 4.14. The summed E-state index contributed by atoms with van der Waals surface area (Å²) in [6.45, 7) is 2.64. The summed E-state index contributed by atoms with van der Waals surface area (Å²) in [7, 11) is 1.91. The Labute approximate surface area is 104 Å². The van der Waals surface area contributed by atoms with E-state index in [4.69, 9.17) is 0 Å². The molecule has 0 amide bonds. The lowest BCUT2D eigenvalue weighted by molar-refractivity contribution is 0.797. The maximum absolute atomic E-state index is 4.28. The van der Waals surface area contributed by atoms with E-state index < -0.39 is 0 Å². The van der Waals surface area contributed by atoms with Gasteiger partial charge in [-0.2, -0.15) is 5.10 Å². The molecule has 6 heteroatoms. The van der Waals surface area contributed by atoms with Gasteiger partial charge < -0.3 is 10.3 Å². The average Bonchev–Trinajstić information content (AvgIpc) is 2.94. The number of aromatic amines is 1. The molecule has 18 heavy (non-hydrogen) atoms. The summed E-state index contributed by atoms with van der Waals surface area (Å²) < 4.78 is 1.82. The molecule has 0 radical (unpaired) electrons. The van der Waals surface area contributed by atoms with Gasteiger partial charge in [-0.05, 0) is 13.0 Å². The van der Waals surface area contributed by atoms with Crippen LogP contribution in [0.5, 0.6) is 0 Å². The number of hydrogen-bond acceptors (Lipinski definition) is 4. The van der Waals surface area contributed by atoms with Gasteiger partial charge in [-0.3, -0.25) is 9.67 Å². The van der Waals surface area contributed by atoms with Crippen LogP contribution >= 0.6 is 0 Å². The summed E-state index contributed by atoms with van der Waals surface area (Å²) in [5.74, 6) is 0.923. The topological polar surface area (TPSA) is 71.4 Å². The third-order valence-electron chi connectivity index (χ3n) is 2.85. The van der Waals surface area contributed by atoms with Crippen LogP contribution in [0.2, 0.25) is 0 Å². The smallest absolute Gasteiger partial charge is 0.110 e. The molecule has 3 heterocycles. The first-order valence-corrected chi connectivity index (χ1v) is 5.75. The van der Waals surface area contributed by atoms with Crippen LogP contribution in [-0.2, 0) is 13.6 Å². The predicted molar refractivity (Wildman–Crippen MR) is 69.2 cm³/mol. The fourth-order valence-corrected chi connectivity index (χ4v) is 2.00. The van der Waals surface area contributed by atoms with Crippen molar-refractivity contribution in [3.05, 3.63) is 36.2 Å². The molecule has 0 fully saturated rings. The van der Waals surface area contributed by atoms with Crippen molar-refractivity contribution in [2.75, 3.05) is 5.32 Å². The molecule has 6 nitrogen and oxygen atoms in total. The molecule has 0 spiro atoms. The van der Waals surface area contributed by atoms with Crippen molar-refractivity contribution < 1.29 is 0 Å². The first kappa shape index (κ1) is 10.8. The average molecular weight is 242 g/mol. The molecule has 0 aliphatic heterocycles. The zero-order valence-corrected chi connectivity index (χ0v) is 10.3. The Morgan fingerprint density at radius 1 is 1.33 bits per heavy atom. The number of fused-ring (bicyclic) bond motifs is 1. The molecule has 3 rings (SSSR count). The fraction of sp³-hybridized carbons (Fsp3) is 0.250. The summed E-state index contributed by atoms with van der Waals surface area (Å²) in [6.07, 6.45) is 5.38. The zero-order valence-electron chi connectivity index (χ0n) is 10.3. The molecule has 92 valence electrons. The van der Waals surface area contributed by atoms with Gasteiger partial charge in [0.2, 0.25) is 0 Å². The molecule has 0 bridgehead atoms. The van der Waals surface area contributed by atoms with Crippen LogP contribution in [0.4, 0.5) is 5.69 Å². The minimum absolute atomic E-state index is 0.700. The van der Waals surface area contributed by atoms with Crippen LogP contribution in [0.3, 0.4) is 0 Å². The van der Waals surface area contributed by atoms with Gasteiger partial charge in [-0.25, -0.2) is 4.98 Å². The maximum atomic E-state index is 4.28. The molecule has 0 unspecified atom stereocenters. The summed E-state index contributed by atoms with van der Waals surface area (Å²) in [4.78, 5) is 11.6. The van der Waals surface area contributed by atoms with Crippen molar-refractivity contribution in [1.82, 2.24) is 24.7 Å². The molecule has 0 aromatic carbocycles. The lowest BCUT2D eigenvalue weighted by Gasteiger charge is -2.07. The predicted octanol–water partition coefficient (Wildman–Crippen LogP) is 1.61. The van der Waals surface area contributed by atoms with E-state index in [9.17, 15) is 0 Å². The highest BCUT2D eigenvalue weighted by atomic mass is 15.3. The second-order valence-electron chi connectivity index (χ2n) is 4.21. The summed E-state index contributed by atoms with van der Waals surface area (Å²) in [6, 6.07) is 1.95. The normalized spacial score (nSPS) is 11.0. The maximum Gasteiger partial charge on any atom is 0.110 e. The minimum Gasteiger partial charge on any atom is -0.378 e. The fourth-order valence-electron chi connectivity index (χ4n) is 2.00. The molecule has 0 saturated carbocycles. The van der Waals surface area contributed by atoms with E-state index in [0.29, 0.717) is 6.54 Å². The van der Waals surface area contributed by atoms with E-state index in [2.05, 4.69) is 25.4 Å². The SMILES string of the molecule is Cc1ncc(CNc2ccnc3cnn(C)c23)[nH]1. The molecule has 0 atom stereocenters.